The molecule has 0 aromatic heterocycles. The van der Waals surface area contributed by atoms with E-state index in [0.717, 1.165) is 109 Å². The number of unbranched alkanes of at least 4 members (excludes halogenated alkanes) is 5. The number of hydrogen-bond donors (Lipinski definition) is 2. The summed E-state index contributed by atoms with van der Waals surface area (Å²) in [5.74, 6) is 2.49. The Hall–Kier alpha value is -5.71. The Kier molecular flexibility index (Phi) is 16.1. The van der Waals surface area contributed by atoms with Gasteiger partial charge in [-0.1, -0.05) is 87.6 Å². The molecule has 0 radical (unpaired) electrons. The molecule has 0 fully saturated rings. The summed E-state index contributed by atoms with van der Waals surface area (Å²) in [4.78, 5) is 22.1. The molecule has 0 bridgehead atoms. The SMILES string of the molecule is CCCCCCCOc1ccc(N=Nc2ccc(CNC(=O)[C@H](CCCCN)N3Cc4ccccc4C34c3ccc(N(CC)CC)cc3Oc3cc(N(CC)CC)ccc34)cc2)cc1. The number of benzene rings is 5. The van der Waals surface area contributed by atoms with Crippen LogP contribution in [-0.2, 0) is 23.4 Å². The van der Waals surface area contributed by atoms with Crippen LogP contribution in [0.2, 0.25) is 0 Å². The van der Waals surface area contributed by atoms with E-state index in [0.29, 0.717) is 26.1 Å². The monoisotopic (exact) mass is 864 g/mol. The van der Waals surface area contributed by atoms with Gasteiger partial charge in [0, 0.05) is 73.9 Å². The summed E-state index contributed by atoms with van der Waals surface area (Å²) in [6, 6.07) is 37.2. The fourth-order valence-electron chi connectivity index (χ4n) is 9.55. The topological polar surface area (TPSA) is 108 Å². The molecule has 338 valence electrons. The smallest absolute Gasteiger partial charge is 0.237 e. The van der Waals surface area contributed by atoms with Gasteiger partial charge in [-0.05, 0) is 119 Å². The molecular weight excluding hydrogens is 795 g/mol. The number of nitrogens with zero attached hydrogens (tertiary/aromatic N) is 5. The highest BCUT2D eigenvalue weighted by Gasteiger charge is 2.56. The van der Waals surface area contributed by atoms with E-state index < -0.39 is 11.6 Å². The van der Waals surface area contributed by atoms with Crippen molar-refractivity contribution in [3.05, 3.63) is 137 Å². The zero-order valence-electron chi connectivity index (χ0n) is 38.8. The molecule has 5 aromatic carbocycles. The van der Waals surface area contributed by atoms with Crippen LogP contribution >= 0.6 is 0 Å². The highest BCUT2D eigenvalue weighted by molar-refractivity contribution is 5.83. The lowest BCUT2D eigenvalue weighted by Gasteiger charge is -2.47. The Morgan fingerprint density at radius 3 is 1.91 bits per heavy atom. The van der Waals surface area contributed by atoms with Crippen molar-refractivity contribution < 1.29 is 14.3 Å². The van der Waals surface area contributed by atoms with Crippen molar-refractivity contribution in [3.63, 3.8) is 0 Å². The van der Waals surface area contributed by atoms with Gasteiger partial charge in [-0.25, -0.2) is 0 Å². The summed E-state index contributed by atoms with van der Waals surface area (Å²) < 4.78 is 12.9. The average molecular weight is 864 g/mol. The molecule has 0 saturated carbocycles. The second kappa shape index (κ2) is 22.3. The molecule has 64 heavy (non-hydrogen) atoms. The lowest BCUT2D eigenvalue weighted by atomic mass is 9.74. The van der Waals surface area contributed by atoms with Crippen LogP contribution in [0, 0.1) is 0 Å². The standard InChI is InChI=1S/C54H69N7O3/c1-6-11-12-13-18-35-63-46-30-26-43(27-31-46)58-57-42-24-22-40(23-25-42)38-56-53(62)50(21-16-17-34-55)61-39-41-19-14-15-20-47(41)54(61)48-32-28-44(59(7-2)8-3)36-51(48)64-52-37-45(29-33-49(52)54)60(9-4)10-5/h14-15,19-20,22-33,36-37,50H,6-13,16-18,21,34-35,38-39,55H2,1-5H3,(H,56,62)/t50-/m0/s1. The molecule has 0 unspecified atom stereocenters. The van der Waals surface area contributed by atoms with Crippen LogP contribution in [0.25, 0.3) is 0 Å². The highest BCUT2D eigenvalue weighted by Crippen LogP contribution is 2.59. The number of nitrogens with one attached hydrogen (secondary N) is 1. The zero-order valence-corrected chi connectivity index (χ0v) is 38.8. The van der Waals surface area contributed by atoms with Gasteiger partial charge in [0.15, 0.2) is 0 Å². The fraction of sp³-hybridized carbons (Fsp3) is 0.426. The Morgan fingerprint density at radius 1 is 0.719 bits per heavy atom. The number of carbonyl (C=O) groups is 1. The highest BCUT2D eigenvalue weighted by atomic mass is 16.5. The third kappa shape index (κ3) is 10.1. The minimum absolute atomic E-state index is 0.00833. The van der Waals surface area contributed by atoms with Crippen molar-refractivity contribution in [3.8, 4) is 17.2 Å². The molecule has 3 N–H and O–H groups in total. The molecule has 2 aliphatic heterocycles. The van der Waals surface area contributed by atoms with Gasteiger partial charge in [0.05, 0.1) is 24.0 Å². The normalized spacial score (nSPS) is 14.2. The molecule has 0 aliphatic carbocycles. The van der Waals surface area contributed by atoms with E-state index in [4.69, 9.17) is 15.2 Å². The predicted octanol–water partition coefficient (Wildman–Crippen LogP) is 12.2. The van der Waals surface area contributed by atoms with Crippen molar-refractivity contribution in [2.45, 2.75) is 111 Å². The third-order valence-electron chi connectivity index (χ3n) is 13.0. The Bertz CT molecular complexity index is 2240. The van der Waals surface area contributed by atoms with Crippen molar-refractivity contribution in [2.75, 3.05) is 49.1 Å². The quantitative estimate of drug-likeness (QED) is 0.0497. The van der Waals surface area contributed by atoms with E-state index in [1.165, 1.54) is 36.8 Å². The van der Waals surface area contributed by atoms with E-state index in [2.05, 4.69) is 126 Å². The van der Waals surface area contributed by atoms with Gasteiger partial charge in [-0.2, -0.15) is 10.2 Å². The number of hydrogen-bond acceptors (Lipinski definition) is 9. The van der Waals surface area contributed by atoms with Crippen molar-refractivity contribution in [1.29, 1.82) is 0 Å². The first-order valence-electron chi connectivity index (χ1n) is 23.9. The van der Waals surface area contributed by atoms with E-state index in [1.807, 2.05) is 48.5 Å². The van der Waals surface area contributed by atoms with E-state index in [9.17, 15) is 4.79 Å². The first-order chi connectivity index (χ1) is 31.4. The minimum Gasteiger partial charge on any atom is -0.494 e. The largest absolute Gasteiger partial charge is 0.494 e. The predicted molar refractivity (Wildman–Crippen MR) is 262 cm³/mol. The molecule has 1 amide bonds. The number of amides is 1. The fourth-order valence-corrected chi connectivity index (χ4v) is 9.55. The number of azo groups is 1. The molecule has 1 atom stereocenters. The van der Waals surface area contributed by atoms with Crippen LogP contribution in [0.3, 0.4) is 0 Å². The molecule has 2 heterocycles. The maximum absolute atomic E-state index is 14.9. The summed E-state index contributed by atoms with van der Waals surface area (Å²) in [5.41, 5.74) is 14.5. The summed E-state index contributed by atoms with van der Waals surface area (Å²) in [5, 5.41) is 12.3. The number of fused-ring (bicyclic) bond motifs is 6. The van der Waals surface area contributed by atoms with Crippen LogP contribution < -0.4 is 30.3 Å². The van der Waals surface area contributed by atoms with Crippen molar-refractivity contribution >= 4 is 28.7 Å². The molecule has 2 aliphatic rings. The van der Waals surface area contributed by atoms with Crippen LogP contribution in [0.1, 0.15) is 114 Å². The lowest BCUT2D eigenvalue weighted by molar-refractivity contribution is -0.128. The summed E-state index contributed by atoms with van der Waals surface area (Å²) in [6.45, 7) is 16.8. The van der Waals surface area contributed by atoms with Gasteiger partial charge in [0.25, 0.3) is 0 Å². The number of ether oxygens (including phenoxy) is 2. The average Bonchev–Trinajstić information content (AvgIpc) is 3.66. The van der Waals surface area contributed by atoms with E-state index in [-0.39, 0.29) is 5.91 Å². The van der Waals surface area contributed by atoms with Gasteiger partial charge in [-0.3, -0.25) is 9.69 Å². The summed E-state index contributed by atoms with van der Waals surface area (Å²) in [7, 11) is 0. The number of nitrogens with two attached hydrogens (primary N) is 1. The van der Waals surface area contributed by atoms with Gasteiger partial charge >= 0.3 is 0 Å². The Balaban J connectivity index is 1.15. The van der Waals surface area contributed by atoms with Crippen molar-refractivity contribution in [1.82, 2.24) is 10.2 Å². The molecule has 1 spiro atoms. The van der Waals surface area contributed by atoms with Crippen molar-refractivity contribution in [2.24, 2.45) is 16.0 Å². The molecule has 7 rings (SSSR count). The van der Waals surface area contributed by atoms with Gasteiger partial charge in [0.2, 0.25) is 5.91 Å². The number of anilines is 2. The minimum atomic E-state index is -0.776. The number of carbonyl (C=O) groups excluding carboxylic acids is 1. The maximum atomic E-state index is 14.9. The number of rotatable bonds is 23. The lowest BCUT2D eigenvalue weighted by Crippen LogP contribution is -2.55. The first-order valence-corrected chi connectivity index (χ1v) is 23.9. The third-order valence-corrected chi connectivity index (χ3v) is 13.0. The van der Waals surface area contributed by atoms with E-state index in [1.54, 1.807) is 0 Å². The van der Waals surface area contributed by atoms with Gasteiger partial charge in [-0.15, -0.1) is 0 Å². The van der Waals surface area contributed by atoms with Crippen LogP contribution in [-0.4, -0.2) is 56.2 Å². The van der Waals surface area contributed by atoms with Gasteiger partial charge < -0.3 is 30.3 Å². The van der Waals surface area contributed by atoms with Crippen LogP contribution in [0.5, 0.6) is 17.2 Å². The molecule has 5 aromatic rings. The van der Waals surface area contributed by atoms with Crippen LogP contribution in [0.4, 0.5) is 22.7 Å². The second-order valence-electron chi connectivity index (χ2n) is 16.9. The second-order valence-corrected chi connectivity index (χ2v) is 16.9. The zero-order chi connectivity index (χ0) is 44.9. The van der Waals surface area contributed by atoms with Crippen LogP contribution in [0.15, 0.2) is 119 Å². The molecule has 10 nitrogen and oxygen atoms in total. The molecule has 0 saturated heterocycles. The summed E-state index contributed by atoms with van der Waals surface area (Å²) in [6.07, 6.45) is 8.38. The first kappa shape index (κ1) is 46.3. The molecule has 10 heteroatoms. The Labute approximate surface area is 381 Å². The maximum Gasteiger partial charge on any atom is 0.237 e. The van der Waals surface area contributed by atoms with Gasteiger partial charge in [0.1, 0.15) is 22.8 Å². The molecular formula is C54H69N7O3. The van der Waals surface area contributed by atoms with E-state index >= 15 is 0 Å². The summed E-state index contributed by atoms with van der Waals surface area (Å²) >= 11 is 0. The Morgan fingerprint density at radius 2 is 1.31 bits per heavy atom.